The van der Waals surface area contributed by atoms with Crippen molar-refractivity contribution in [1.82, 2.24) is 0 Å². The van der Waals surface area contributed by atoms with E-state index in [1.807, 2.05) is 18.2 Å². The molecule has 0 heterocycles. The van der Waals surface area contributed by atoms with Crippen LogP contribution in [-0.4, -0.2) is 27.6 Å². The van der Waals surface area contributed by atoms with Gasteiger partial charge in [-0.2, -0.15) is 0 Å². The third-order valence-corrected chi connectivity index (χ3v) is 11.2. The van der Waals surface area contributed by atoms with Crippen molar-refractivity contribution in [3.8, 4) is 5.75 Å². The highest BCUT2D eigenvalue weighted by Gasteiger charge is 2.38. The first kappa shape index (κ1) is 23.9. The van der Waals surface area contributed by atoms with Crippen LogP contribution in [0.3, 0.4) is 0 Å². The molecule has 29 heavy (non-hydrogen) atoms. The lowest BCUT2D eigenvalue weighted by Gasteiger charge is -2.39. The van der Waals surface area contributed by atoms with Crippen molar-refractivity contribution in [1.29, 1.82) is 0 Å². The summed E-state index contributed by atoms with van der Waals surface area (Å²) in [6.07, 6.45) is 10.8. The van der Waals surface area contributed by atoms with E-state index in [1.54, 1.807) is 7.11 Å². The summed E-state index contributed by atoms with van der Waals surface area (Å²) in [6, 6.07) is 8.08. The zero-order chi connectivity index (χ0) is 21.5. The summed E-state index contributed by atoms with van der Waals surface area (Å²) in [5, 5.41) is 0.257. The third-order valence-electron chi connectivity index (χ3n) is 6.63. The molecule has 1 aliphatic carbocycles. The number of allylic oxidation sites excluding steroid dienone is 1. The maximum Gasteiger partial charge on any atom is 0.191 e. The van der Waals surface area contributed by atoms with E-state index in [0.29, 0.717) is 12.5 Å². The van der Waals surface area contributed by atoms with Gasteiger partial charge in [0, 0.05) is 6.61 Å². The number of methoxy groups -OCH3 is 1. The molecular formula is C25H40O3Si. The van der Waals surface area contributed by atoms with E-state index in [0.717, 1.165) is 43.6 Å². The molecule has 1 aromatic rings. The molecule has 1 aromatic carbocycles. The second-order valence-corrected chi connectivity index (χ2v) is 14.4. The molecule has 2 rings (SSSR count). The Morgan fingerprint density at radius 2 is 1.90 bits per heavy atom. The summed E-state index contributed by atoms with van der Waals surface area (Å²) in [5.41, 5.74) is 0.751. The monoisotopic (exact) mass is 416 g/mol. The summed E-state index contributed by atoms with van der Waals surface area (Å²) < 4.78 is 18.1. The van der Waals surface area contributed by atoms with Crippen molar-refractivity contribution in [2.75, 3.05) is 13.7 Å². The van der Waals surface area contributed by atoms with Gasteiger partial charge in [0.2, 0.25) is 0 Å². The van der Waals surface area contributed by atoms with Gasteiger partial charge in [-0.3, -0.25) is 0 Å². The molecule has 4 heteroatoms. The smallest absolute Gasteiger partial charge is 0.191 e. The Labute approximate surface area is 179 Å². The van der Waals surface area contributed by atoms with E-state index in [-0.39, 0.29) is 5.04 Å². The lowest BCUT2D eigenvalue weighted by molar-refractivity contribution is -0.0360. The summed E-state index contributed by atoms with van der Waals surface area (Å²) in [4.78, 5) is 0. The zero-order valence-electron chi connectivity index (χ0n) is 19.3. The van der Waals surface area contributed by atoms with Crippen molar-refractivity contribution in [3.05, 3.63) is 54.6 Å². The van der Waals surface area contributed by atoms with Gasteiger partial charge in [-0.25, -0.2) is 0 Å². The molecule has 0 radical (unpaired) electrons. The van der Waals surface area contributed by atoms with Crippen LogP contribution < -0.4 is 4.74 Å². The van der Waals surface area contributed by atoms with Gasteiger partial charge >= 0.3 is 0 Å². The molecule has 0 saturated carbocycles. The number of hydrogen-bond acceptors (Lipinski definition) is 3. The van der Waals surface area contributed by atoms with Gasteiger partial charge in [0.05, 0.1) is 13.7 Å². The van der Waals surface area contributed by atoms with Crippen LogP contribution in [0.5, 0.6) is 5.75 Å². The van der Waals surface area contributed by atoms with E-state index in [1.165, 1.54) is 0 Å². The minimum absolute atomic E-state index is 0.257. The van der Waals surface area contributed by atoms with Crippen molar-refractivity contribution in [2.24, 2.45) is 5.92 Å². The van der Waals surface area contributed by atoms with E-state index in [9.17, 15) is 0 Å². The summed E-state index contributed by atoms with van der Waals surface area (Å²) in [7, 11) is 0.00652. The predicted molar refractivity (Wildman–Crippen MR) is 125 cm³/mol. The highest BCUT2D eigenvalue weighted by Crippen LogP contribution is 2.39. The molecule has 3 nitrogen and oxygen atoms in total. The molecule has 162 valence electrons. The Balaban J connectivity index is 1.95. The SMILES string of the molecule is C=C[C@]1(OCc2ccc(OC)cc2)C=CCC[C@H]1CCCO[Si](C)(C)C(C)(C)C. The molecule has 0 saturated heterocycles. The van der Waals surface area contributed by atoms with Crippen LogP contribution in [0.1, 0.15) is 52.0 Å². The fraction of sp³-hybridized carbons (Fsp3) is 0.600. The highest BCUT2D eigenvalue weighted by molar-refractivity contribution is 6.74. The largest absolute Gasteiger partial charge is 0.497 e. The fourth-order valence-corrected chi connectivity index (χ4v) is 4.65. The first-order valence-electron chi connectivity index (χ1n) is 10.9. The summed E-state index contributed by atoms with van der Waals surface area (Å²) in [5.74, 6) is 1.30. The second kappa shape index (κ2) is 10.1. The van der Waals surface area contributed by atoms with Crippen LogP contribution in [0, 0.1) is 5.92 Å². The van der Waals surface area contributed by atoms with Crippen LogP contribution in [0.4, 0.5) is 0 Å². The van der Waals surface area contributed by atoms with Gasteiger partial charge in [-0.15, -0.1) is 0 Å². The topological polar surface area (TPSA) is 27.7 Å². The first-order chi connectivity index (χ1) is 13.6. The lowest BCUT2D eigenvalue weighted by Crippen LogP contribution is -2.41. The van der Waals surface area contributed by atoms with Crippen LogP contribution in [-0.2, 0) is 15.8 Å². The molecular weight excluding hydrogens is 376 g/mol. The number of hydrogen-bond donors (Lipinski definition) is 0. The molecule has 2 atom stereocenters. The molecule has 0 spiro atoms. The van der Waals surface area contributed by atoms with Crippen molar-refractivity contribution in [2.45, 2.75) is 76.8 Å². The minimum Gasteiger partial charge on any atom is -0.497 e. The number of rotatable bonds is 10. The highest BCUT2D eigenvalue weighted by atomic mass is 28.4. The summed E-state index contributed by atoms with van der Waals surface area (Å²) >= 11 is 0. The maximum atomic E-state index is 6.47. The van der Waals surface area contributed by atoms with Crippen LogP contribution >= 0.6 is 0 Å². The van der Waals surface area contributed by atoms with Gasteiger partial charge in [0.15, 0.2) is 8.32 Å². The van der Waals surface area contributed by atoms with Crippen molar-refractivity contribution >= 4 is 8.32 Å². The second-order valence-electron chi connectivity index (χ2n) is 9.62. The van der Waals surface area contributed by atoms with Crippen molar-refractivity contribution in [3.63, 3.8) is 0 Å². The van der Waals surface area contributed by atoms with Gasteiger partial charge in [0.1, 0.15) is 11.4 Å². The summed E-state index contributed by atoms with van der Waals surface area (Å²) in [6.45, 7) is 17.0. The lowest BCUT2D eigenvalue weighted by atomic mass is 9.77. The first-order valence-corrected chi connectivity index (χ1v) is 13.8. The fourth-order valence-electron chi connectivity index (χ4n) is 3.56. The Hall–Kier alpha value is -1.36. The molecule has 0 aliphatic heterocycles. The predicted octanol–water partition coefficient (Wildman–Crippen LogP) is 6.90. The molecule has 0 bridgehead atoms. The standard InChI is InChI=1S/C25H40O3Si/c1-8-25(27-20-21-14-16-23(26-5)17-15-21)18-10-9-12-22(25)13-11-19-28-29(6,7)24(2,3)4/h8,10,14-18,22H,1,9,11-13,19-20H2,2-7H3/t22-,25-/m0/s1. The van der Waals surface area contributed by atoms with Gasteiger partial charge in [-0.05, 0) is 67.4 Å². The van der Waals surface area contributed by atoms with Crippen LogP contribution in [0.25, 0.3) is 0 Å². The zero-order valence-corrected chi connectivity index (χ0v) is 20.3. The molecule has 0 aromatic heterocycles. The number of ether oxygens (including phenoxy) is 2. The van der Waals surface area contributed by atoms with Gasteiger partial charge in [0.25, 0.3) is 0 Å². The average molecular weight is 417 g/mol. The Bertz CT molecular complexity index is 672. The number of benzene rings is 1. The quantitative estimate of drug-likeness (QED) is 0.236. The Morgan fingerprint density at radius 3 is 2.48 bits per heavy atom. The molecule has 0 N–H and O–H groups in total. The van der Waals surface area contributed by atoms with Crippen LogP contribution in [0.15, 0.2) is 49.1 Å². The molecule has 0 amide bonds. The minimum atomic E-state index is -1.68. The Kier molecular flexibility index (Phi) is 8.33. The normalized spacial score (nSPS) is 22.5. The molecule has 0 fully saturated rings. The van der Waals surface area contributed by atoms with E-state index >= 15 is 0 Å². The van der Waals surface area contributed by atoms with E-state index in [2.05, 4.69) is 64.7 Å². The van der Waals surface area contributed by atoms with Gasteiger partial charge in [-0.1, -0.05) is 57.7 Å². The molecule has 1 aliphatic rings. The average Bonchev–Trinajstić information content (AvgIpc) is 2.70. The third kappa shape index (κ3) is 6.31. The maximum absolute atomic E-state index is 6.47. The van der Waals surface area contributed by atoms with Gasteiger partial charge < -0.3 is 13.9 Å². The Morgan fingerprint density at radius 1 is 1.21 bits per heavy atom. The molecule has 0 unspecified atom stereocenters. The van der Waals surface area contributed by atoms with E-state index < -0.39 is 13.9 Å². The van der Waals surface area contributed by atoms with Crippen molar-refractivity contribution < 1.29 is 13.9 Å². The van der Waals surface area contributed by atoms with Crippen LogP contribution in [0.2, 0.25) is 18.1 Å². The van der Waals surface area contributed by atoms with E-state index in [4.69, 9.17) is 13.9 Å².